The quantitative estimate of drug-likeness (QED) is 0.794. The number of nitrogens with zero attached hydrogens (tertiary/aromatic N) is 3. The summed E-state index contributed by atoms with van der Waals surface area (Å²) in [6.45, 7) is 5.36. The van der Waals surface area contributed by atoms with Crippen LogP contribution in [0.5, 0.6) is 5.88 Å². The molecule has 1 saturated heterocycles. The molecule has 1 aliphatic heterocycles. The zero-order chi connectivity index (χ0) is 14.5. The second-order valence-electron chi connectivity index (χ2n) is 4.99. The van der Waals surface area contributed by atoms with Crippen LogP contribution < -0.4 is 4.74 Å². The highest BCUT2D eigenvalue weighted by atomic mass is 35.5. The van der Waals surface area contributed by atoms with E-state index < -0.39 is 0 Å². The summed E-state index contributed by atoms with van der Waals surface area (Å²) >= 11 is 6.09. The van der Waals surface area contributed by atoms with Crippen LogP contribution in [0.15, 0.2) is 24.5 Å². The first kappa shape index (κ1) is 14.5. The molecular formula is C15H18ClN3O2. The molecule has 6 heteroatoms. The maximum absolute atomic E-state index is 6.09. The average Bonchev–Trinajstić information content (AvgIpc) is 2.53. The molecule has 0 N–H and O–H groups in total. The molecule has 0 amide bonds. The van der Waals surface area contributed by atoms with Gasteiger partial charge in [0.05, 0.1) is 30.4 Å². The average molecular weight is 308 g/mol. The number of pyridine rings is 2. The lowest BCUT2D eigenvalue weighted by Gasteiger charge is -2.26. The van der Waals surface area contributed by atoms with Gasteiger partial charge in [-0.25, -0.2) is 4.98 Å². The van der Waals surface area contributed by atoms with Gasteiger partial charge in [0, 0.05) is 43.5 Å². The minimum Gasteiger partial charge on any atom is -0.478 e. The Labute approximate surface area is 128 Å². The van der Waals surface area contributed by atoms with Crippen LogP contribution in [0.25, 0.3) is 10.9 Å². The second kappa shape index (κ2) is 7.02. The molecule has 0 bridgehead atoms. The van der Waals surface area contributed by atoms with Crippen molar-refractivity contribution in [1.82, 2.24) is 14.9 Å². The van der Waals surface area contributed by atoms with E-state index in [4.69, 9.17) is 21.1 Å². The Morgan fingerprint density at radius 1 is 1.29 bits per heavy atom. The molecule has 21 heavy (non-hydrogen) atoms. The lowest BCUT2D eigenvalue weighted by molar-refractivity contribution is 0.0357. The van der Waals surface area contributed by atoms with E-state index >= 15 is 0 Å². The van der Waals surface area contributed by atoms with Crippen LogP contribution >= 0.6 is 11.6 Å². The van der Waals surface area contributed by atoms with Crippen molar-refractivity contribution in [2.75, 3.05) is 39.5 Å². The van der Waals surface area contributed by atoms with Crippen LogP contribution in [0.3, 0.4) is 0 Å². The van der Waals surface area contributed by atoms with Crippen LogP contribution in [0.4, 0.5) is 0 Å². The molecule has 2 aromatic rings. The van der Waals surface area contributed by atoms with E-state index in [-0.39, 0.29) is 0 Å². The van der Waals surface area contributed by atoms with Crippen LogP contribution in [-0.2, 0) is 4.74 Å². The summed E-state index contributed by atoms with van der Waals surface area (Å²) in [5.74, 6) is 0.597. The predicted octanol–water partition coefficient (Wildman–Crippen LogP) is 2.38. The highest BCUT2D eigenvalue weighted by Gasteiger charge is 2.09. The Balaban J connectivity index is 1.51. The number of rotatable bonds is 5. The van der Waals surface area contributed by atoms with E-state index in [9.17, 15) is 0 Å². The van der Waals surface area contributed by atoms with Crippen LogP contribution in [0, 0.1) is 0 Å². The molecule has 3 rings (SSSR count). The zero-order valence-corrected chi connectivity index (χ0v) is 12.6. The van der Waals surface area contributed by atoms with Crippen molar-refractivity contribution in [2.24, 2.45) is 0 Å². The topological polar surface area (TPSA) is 47.5 Å². The molecule has 0 radical (unpaired) electrons. The lowest BCUT2D eigenvalue weighted by atomic mass is 10.3. The lowest BCUT2D eigenvalue weighted by Crippen LogP contribution is -2.37. The van der Waals surface area contributed by atoms with E-state index in [1.165, 1.54) is 0 Å². The van der Waals surface area contributed by atoms with Crippen LogP contribution in [-0.4, -0.2) is 54.3 Å². The molecule has 0 atom stereocenters. The number of morpholine rings is 1. The summed E-state index contributed by atoms with van der Waals surface area (Å²) in [6, 6.07) is 3.59. The van der Waals surface area contributed by atoms with Crippen LogP contribution in [0.2, 0.25) is 5.02 Å². The molecule has 0 aromatic carbocycles. The highest BCUT2D eigenvalue weighted by Crippen LogP contribution is 2.23. The van der Waals surface area contributed by atoms with Gasteiger partial charge < -0.3 is 9.47 Å². The van der Waals surface area contributed by atoms with Gasteiger partial charge in [-0.15, -0.1) is 0 Å². The fourth-order valence-electron chi connectivity index (χ4n) is 2.36. The third kappa shape index (κ3) is 3.81. The van der Waals surface area contributed by atoms with E-state index in [0.717, 1.165) is 50.2 Å². The monoisotopic (exact) mass is 307 g/mol. The molecule has 3 heterocycles. The number of fused-ring (bicyclic) bond motifs is 1. The zero-order valence-electron chi connectivity index (χ0n) is 11.8. The summed E-state index contributed by atoms with van der Waals surface area (Å²) in [5.41, 5.74) is 0.806. The predicted molar refractivity (Wildman–Crippen MR) is 81.9 cm³/mol. The fourth-order valence-corrected chi connectivity index (χ4v) is 2.56. The van der Waals surface area contributed by atoms with Gasteiger partial charge in [0.2, 0.25) is 5.88 Å². The number of halogens is 1. The summed E-state index contributed by atoms with van der Waals surface area (Å²) < 4.78 is 11.0. The summed E-state index contributed by atoms with van der Waals surface area (Å²) in [4.78, 5) is 10.9. The van der Waals surface area contributed by atoms with E-state index in [0.29, 0.717) is 17.5 Å². The first-order valence-corrected chi connectivity index (χ1v) is 7.54. The molecule has 0 spiro atoms. The van der Waals surface area contributed by atoms with Gasteiger partial charge in [-0.2, -0.15) is 0 Å². The maximum atomic E-state index is 6.09. The Bertz CT molecular complexity index is 602. The largest absolute Gasteiger partial charge is 0.478 e. The van der Waals surface area contributed by atoms with Gasteiger partial charge in [-0.1, -0.05) is 11.6 Å². The molecule has 1 fully saturated rings. The number of hydrogen-bond acceptors (Lipinski definition) is 5. The van der Waals surface area contributed by atoms with Crippen molar-refractivity contribution < 1.29 is 9.47 Å². The Kier molecular flexibility index (Phi) is 4.85. The summed E-state index contributed by atoms with van der Waals surface area (Å²) in [7, 11) is 0. The van der Waals surface area contributed by atoms with Crippen molar-refractivity contribution >= 4 is 22.5 Å². The van der Waals surface area contributed by atoms with E-state index in [1.807, 2.05) is 6.07 Å². The first-order chi connectivity index (χ1) is 10.3. The third-order valence-corrected chi connectivity index (χ3v) is 3.85. The number of aromatic nitrogens is 2. The second-order valence-corrected chi connectivity index (χ2v) is 5.40. The van der Waals surface area contributed by atoms with Gasteiger partial charge in [-0.3, -0.25) is 9.88 Å². The summed E-state index contributed by atoms with van der Waals surface area (Å²) in [6.07, 6.45) is 4.37. The molecule has 112 valence electrons. The molecular weight excluding hydrogens is 290 g/mol. The molecule has 0 aliphatic carbocycles. The van der Waals surface area contributed by atoms with Crippen molar-refractivity contribution in [1.29, 1.82) is 0 Å². The number of ether oxygens (including phenoxy) is 2. The van der Waals surface area contributed by atoms with Crippen molar-refractivity contribution in [3.05, 3.63) is 29.5 Å². The van der Waals surface area contributed by atoms with E-state index in [2.05, 4.69) is 14.9 Å². The summed E-state index contributed by atoms with van der Waals surface area (Å²) in [5, 5.41) is 1.51. The minimum absolute atomic E-state index is 0.597. The minimum atomic E-state index is 0.597. The van der Waals surface area contributed by atoms with Gasteiger partial charge >= 0.3 is 0 Å². The van der Waals surface area contributed by atoms with Crippen molar-refractivity contribution in [2.45, 2.75) is 6.42 Å². The molecule has 5 nitrogen and oxygen atoms in total. The normalized spacial score (nSPS) is 16.2. The molecule has 2 aromatic heterocycles. The number of hydrogen-bond donors (Lipinski definition) is 0. The first-order valence-electron chi connectivity index (χ1n) is 7.16. The Hall–Kier alpha value is -1.43. The molecule has 0 unspecified atom stereocenters. The van der Waals surface area contributed by atoms with Gasteiger partial charge in [0.15, 0.2) is 0 Å². The highest BCUT2D eigenvalue weighted by molar-refractivity contribution is 6.35. The SMILES string of the molecule is Clc1ccnc2cc(OCCCN3CCOCC3)ncc12. The van der Waals surface area contributed by atoms with Crippen LogP contribution in [0.1, 0.15) is 6.42 Å². The Morgan fingerprint density at radius 2 is 2.14 bits per heavy atom. The smallest absolute Gasteiger partial charge is 0.215 e. The van der Waals surface area contributed by atoms with Crippen molar-refractivity contribution in [3.63, 3.8) is 0 Å². The molecule has 1 aliphatic rings. The van der Waals surface area contributed by atoms with E-state index in [1.54, 1.807) is 18.5 Å². The third-order valence-electron chi connectivity index (χ3n) is 3.52. The van der Waals surface area contributed by atoms with Gasteiger partial charge in [0.25, 0.3) is 0 Å². The van der Waals surface area contributed by atoms with Gasteiger partial charge in [-0.05, 0) is 12.5 Å². The van der Waals surface area contributed by atoms with Gasteiger partial charge in [0.1, 0.15) is 0 Å². The molecule has 0 saturated carbocycles. The van der Waals surface area contributed by atoms with Crippen molar-refractivity contribution in [3.8, 4) is 5.88 Å². The standard InChI is InChI=1S/C15H18ClN3O2/c16-13-2-3-17-14-10-15(18-11-12(13)14)21-7-1-4-19-5-8-20-9-6-19/h2-3,10-11H,1,4-9H2. The maximum Gasteiger partial charge on any atom is 0.215 e. The fraction of sp³-hybridized carbons (Fsp3) is 0.467. The Morgan fingerprint density at radius 3 is 3.00 bits per heavy atom.